The van der Waals surface area contributed by atoms with Gasteiger partial charge in [-0.25, -0.2) is 9.78 Å². The molecule has 2 aromatic rings. The molecular formula is C16H16N2O4S. The number of carbonyl (C=O) groups is 2. The highest BCUT2D eigenvalue weighted by Crippen LogP contribution is 2.31. The molecule has 0 bridgehead atoms. The summed E-state index contributed by atoms with van der Waals surface area (Å²) in [6.07, 6.45) is 0.640. The van der Waals surface area contributed by atoms with Gasteiger partial charge in [0.25, 0.3) is 5.91 Å². The predicted octanol–water partition coefficient (Wildman–Crippen LogP) is 2.11. The Morgan fingerprint density at radius 1 is 1.43 bits per heavy atom. The van der Waals surface area contributed by atoms with E-state index in [1.807, 2.05) is 12.1 Å². The molecular weight excluding hydrogens is 316 g/mol. The highest BCUT2D eigenvalue weighted by atomic mass is 32.1. The van der Waals surface area contributed by atoms with Gasteiger partial charge in [-0.1, -0.05) is 24.3 Å². The number of aliphatic carboxylic acids is 1. The Balaban J connectivity index is 1.92. The number of hydrogen-bond acceptors (Lipinski definition) is 5. The maximum absolute atomic E-state index is 12.7. The number of hydrogen-bond donors (Lipinski definition) is 1. The number of carbonyl (C=O) groups excluding carboxylic acids is 1. The fourth-order valence-corrected chi connectivity index (χ4v) is 3.54. The number of fused-ring (bicyclic) bond motifs is 1. The lowest BCUT2D eigenvalue weighted by Gasteiger charge is -2.34. The normalized spacial score (nSPS) is 16.9. The highest BCUT2D eigenvalue weighted by molar-refractivity contribution is 7.09. The Morgan fingerprint density at radius 3 is 2.96 bits per heavy atom. The van der Waals surface area contributed by atoms with Gasteiger partial charge in [0, 0.05) is 19.0 Å². The van der Waals surface area contributed by atoms with Gasteiger partial charge in [0.1, 0.15) is 10.7 Å². The van der Waals surface area contributed by atoms with Crippen LogP contribution in [0.3, 0.4) is 0 Å². The molecule has 1 aliphatic rings. The summed E-state index contributed by atoms with van der Waals surface area (Å²) in [6.45, 7) is 0.701. The average molecular weight is 332 g/mol. The van der Waals surface area contributed by atoms with E-state index in [1.165, 1.54) is 16.2 Å². The van der Waals surface area contributed by atoms with Crippen LogP contribution in [0.2, 0.25) is 0 Å². The smallest absolute Gasteiger partial charge is 0.331 e. The number of methoxy groups -OCH3 is 1. The average Bonchev–Trinajstić information content (AvgIpc) is 3.02. The Bertz CT molecular complexity index is 743. The number of aromatic nitrogens is 1. The minimum absolute atomic E-state index is 0.271. The molecule has 1 unspecified atom stereocenters. The number of carboxylic acids is 1. The molecule has 1 amide bonds. The van der Waals surface area contributed by atoms with Crippen molar-refractivity contribution in [2.45, 2.75) is 19.1 Å². The quantitative estimate of drug-likeness (QED) is 0.927. The number of carboxylic acid groups (broad SMARTS) is 1. The highest BCUT2D eigenvalue weighted by Gasteiger charge is 2.36. The number of benzene rings is 1. The maximum Gasteiger partial charge on any atom is 0.331 e. The Morgan fingerprint density at radius 2 is 2.22 bits per heavy atom. The molecule has 1 aliphatic heterocycles. The van der Waals surface area contributed by atoms with Gasteiger partial charge in [0.2, 0.25) is 0 Å². The van der Waals surface area contributed by atoms with Gasteiger partial charge in [-0.3, -0.25) is 4.79 Å². The molecule has 120 valence electrons. The lowest BCUT2D eigenvalue weighted by molar-refractivity contribution is -0.143. The number of amides is 1. The Hall–Kier alpha value is -2.25. The van der Waals surface area contributed by atoms with Crippen LogP contribution in [0.5, 0.6) is 0 Å². The second-order valence-electron chi connectivity index (χ2n) is 5.25. The van der Waals surface area contributed by atoms with Crippen molar-refractivity contribution in [1.82, 2.24) is 9.88 Å². The second kappa shape index (κ2) is 6.47. The lowest BCUT2D eigenvalue weighted by Crippen LogP contribution is -2.43. The minimum Gasteiger partial charge on any atom is -0.479 e. The van der Waals surface area contributed by atoms with Gasteiger partial charge < -0.3 is 14.7 Å². The molecule has 0 saturated carbocycles. The molecule has 1 aromatic carbocycles. The molecule has 0 spiro atoms. The van der Waals surface area contributed by atoms with E-state index in [0.717, 1.165) is 5.56 Å². The number of thiazole rings is 1. The first kappa shape index (κ1) is 15.6. The van der Waals surface area contributed by atoms with Crippen LogP contribution >= 0.6 is 11.3 Å². The molecule has 2 heterocycles. The Kier molecular flexibility index (Phi) is 4.40. The van der Waals surface area contributed by atoms with Gasteiger partial charge in [0.15, 0.2) is 6.04 Å². The number of rotatable bonds is 4. The molecule has 7 heteroatoms. The van der Waals surface area contributed by atoms with E-state index in [1.54, 1.807) is 24.6 Å². The van der Waals surface area contributed by atoms with Crippen LogP contribution in [0.15, 0.2) is 29.6 Å². The minimum atomic E-state index is -1.03. The van der Waals surface area contributed by atoms with Gasteiger partial charge in [-0.15, -0.1) is 11.3 Å². The van der Waals surface area contributed by atoms with Crippen LogP contribution in [0, 0.1) is 0 Å². The molecule has 3 rings (SSSR count). The van der Waals surface area contributed by atoms with Crippen molar-refractivity contribution in [3.05, 3.63) is 51.5 Å². The van der Waals surface area contributed by atoms with Gasteiger partial charge in [-0.05, 0) is 17.5 Å². The molecule has 1 aromatic heterocycles. The molecule has 0 saturated heterocycles. The largest absolute Gasteiger partial charge is 0.479 e. The molecule has 0 aliphatic carbocycles. The fraction of sp³-hybridized carbons (Fsp3) is 0.312. The zero-order valence-electron chi connectivity index (χ0n) is 12.6. The van der Waals surface area contributed by atoms with Crippen molar-refractivity contribution < 1.29 is 19.4 Å². The van der Waals surface area contributed by atoms with E-state index in [-0.39, 0.29) is 11.6 Å². The van der Waals surface area contributed by atoms with Crippen molar-refractivity contribution in [3.8, 4) is 0 Å². The predicted molar refractivity (Wildman–Crippen MR) is 84.4 cm³/mol. The van der Waals surface area contributed by atoms with Gasteiger partial charge in [-0.2, -0.15) is 0 Å². The maximum atomic E-state index is 12.7. The van der Waals surface area contributed by atoms with Crippen LogP contribution in [0.1, 0.15) is 32.7 Å². The summed E-state index contributed by atoms with van der Waals surface area (Å²) < 4.78 is 5.00. The summed E-state index contributed by atoms with van der Waals surface area (Å²) in [7, 11) is 1.56. The third-order valence-electron chi connectivity index (χ3n) is 3.82. The van der Waals surface area contributed by atoms with E-state index in [2.05, 4.69) is 4.98 Å². The van der Waals surface area contributed by atoms with Crippen LogP contribution in [0.25, 0.3) is 0 Å². The van der Waals surface area contributed by atoms with Crippen molar-refractivity contribution in [2.24, 2.45) is 0 Å². The summed E-state index contributed by atoms with van der Waals surface area (Å²) >= 11 is 1.33. The summed E-state index contributed by atoms with van der Waals surface area (Å²) in [5.41, 5.74) is 1.92. The summed E-state index contributed by atoms with van der Waals surface area (Å²) in [5.74, 6) is -1.39. The zero-order valence-corrected chi connectivity index (χ0v) is 13.4. The lowest BCUT2D eigenvalue weighted by atomic mass is 9.92. The van der Waals surface area contributed by atoms with Crippen LogP contribution < -0.4 is 0 Å². The Labute approximate surface area is 137 Å². The molecule has 1 N–H and O–H groups in total. The van der Waals surface area contributed by atoms with Crippen LogP contribution in [-0.4, -0.2) is 40.5 Å². The number of ether oxygens (including phenoxy) is 1. The molecule has 6 nitrogen and oxygen atoms in total. The van der Waals surface area contributed by atoms with E-state index < -0.39 is 12.0 Å². The fourth-order valence-electron chi connectivity index (χ4n) is 2.80. The first-order valence-electron chi connectivity index (χ1n) is 7.16. The van der Waals surface area contributed by atoms with E-state index >= 15 is 0 Å². The van der Waals surface area contributed by atoms with Crippen molar-refractivity contribution in [2.75, 3.05) is 13.7 Å². The molecule has 0 radical (unpaired) electrons. The van der Waals surface area contributed by atoms with Crippen molar-refractivity contribution in [1.29, 1.82) is 0 Å². The summed E-state index contributed by atoms with van der Waals surface area (Å²) in [4.78, 5) is 30.1. The van der Waals surface area contributed by atoms with Crippen molar-refractivity contribution >= 4 is 23.2 Å². The summed E-state index contributed by atoms with van der Waals surface area (Å²) in [6, 6.07) is 6.38. The van der Waals surface area contributed by atoms with Gasteiger partial charge in [0.05, 0.1) is 6.61 Å². The standard InChI is InChI=1S/C16H16N2O4S/c1-22-8-13-17-12(9-23-13)15(19)18-7-6-10-4-2-3-5-11(10)14(18)16(20)21/h2-5,9,14H,6-8H2,1H3,(H,20,21). The van der Waals surface area contributed by atoms with Crippen molar-refractivity contribution in [3.63, 3.8) is 0 Å². The molecule has 1 atom stereocenters. The molecule has 23 heavy (non-hydrogen) atoms. The zero-order chi connectivity index (χ0) is 16.4. The number of nitrogens with zero attached hydrogens (tertiary/aromatic N) is 2. The topological polar surface area (TPSA) is 79.7 Å². The first-order chi connectivity index (χ1) is 11.1. The molecule has 0 fully saturated rings. The monoisotopic (exact) mass is 332 g/mol. The SMILES string of the molecule is COCc1nc(C(=O)N2CCc3ccccc3C2C(=O)O)cs1. The van der Waals surface area contributed by atoms with Crippen LogP contribution in [-0.2, 0) is 22.6 Å². The van der Waals surface area contributed by atoms with E-state index in [9.17, 15) is 14.7 Å². The second-order valence-corrected chi connectivity index (χ2v) is 6.19. The van der Waals surface area contributed by atoms with Gasteiger partial charge >= 0.3 is 5.97 Å². The summed E-state index contributed by atoms with van der Waals surface area (Å²) in [5, 5.41) is 12.0. The van der Waals surface area contributed by atoms with E-state index in [0.29, 0.717) is 30.1 Å². The van der Waals surface area contributed by atoms with Crippen LogP contribution in [0.4, 0.5) is 0 Å². The third-order valence-corrected chi connectivity index (χ3v) is 4.64. The van der Waals surface area contributed by atoms with E-state index in [4.69, 9.17) is 4.74 Å². The third kappa shape index (κ3) is 2.97. The first-order valence-corrected chi connectivity index (χ1v) is 8.04.